The lowest BCUT2D eigenvalue weighted by Crippen LogP contribution is -2.58. The number of ether oxygens (including phenoxy) is 1. The first kappa shape index (κ1) is 25.8. The van der Waals surface area contributed by atoms with Crippen molar-refractivity contribution in [3.8, 4) is 11.5 Å². The third kappa shape index (κ3) is 6.41. The molecule has 9 nitrogen and oxygen atoms in total. The molecule has 1 aliphatic rings. The van der Waals surface area contributed by atoms with Gasteiger partial charge in [-0.05, 0) is 41.8 Å². The Morgan fingerprint density at radius 3 is 2.26 bits per heavy atom. The van der Waals surface area contributed by atoms with E-state index in [-0.39, 0.29) is 18.6 Å². The molecule has 3 rings (SSSR count). The number of nitrogens with two attached hydrogens (primary N) is 1. The molecule has 6 atom stereocenters. The topological polar surface area (TPSA) is 162 Å². The zero-order valence-corrected chi connectivity index (χ0v) is 19.5. The molecule has 0 aliphatic heterocycles. The van der Waals surface area contributed by atoms with Crippen LogP contribution in [0.1, 0.15) is 17.5 Å². The molecular weight excluding hydrogens is 460 g/mol. The smallest absolute Gasteiger partial charge is 0.240 e. The molecule has 0 spiro atoms. The number of hydrogen-bond donors (Lipinski definition) is 6. The number of hydrogen-bond acceptors (Lipinski definition) is 8. The molecule has 0 saturated heterocycles. The number of aliphatic hydroxyl groups excluding tert-OH is 3. The summed E-state index contributed by atoms with van der Waals surface area (Å²) in [7, 11) is 1.57. The van der Waals surface area contributed by atoms with Gasteiger partial charge in [-0.3, -0.25) is 9.59 Å². The molecule has 2 aromatic rings. The molecular formula is C24H30N2O7S. The van der Waals surface area contributed by atoms with Gasteiger partial charge in [0.15, 0.2) is 0 Å². The summed E-state index contributed by atoms with van der Waals surface area (Å²) in [5.74, 6) is -0.915. The molecule has 34 heavy (non-hydrogen) atoms. The Hall–Kier alpha value is -2.79. The van der Waals surface area contributed by atoms with Crippen LogP contribution in [0.25, 0.3) is 0 Å². The summed E-state index contributed by atoms with van der Waals surface area (Å²) in [5.41, 5.74) is 7.12. The third-order valence-corrected chi connectivity index (χ3v) is 7.44. The van der Waals surface area contributed by atoms with Crippen molar-refractivity contribution in [2.75, 3.05) is 7.11 Å². The van der Waals surface area contributed by atoms with E-state index in [1.165, 1.54) is 23.9 Å². The van der Waals surface area contributed by atoms with Crippen LogP contribution in [0.2, 0.25) is 0 Å². The largest absolute Gasteiger partial charge is 0.508 e. The summed E-state index contributed by atoms with van der Waals surface area (Å²) in [4.78, 5) is 25.2. The first-order valence-electron chi connectivity index (χ1n) is 10.9. The molecule has 0 aromatic heterocycles. The Bertz CT molecular complexity index is 970. The van der Waals surface area contributed by atoms with Crippen LogP contribution in [0.15, 0.2) is 48.5 Å². The van der Waals surface area contributed by atoms with Crippen LogP contribution < -0.4 is 15.8 Å². The summed E-state index contributed by atoms with van der Waals surface area (Å²) in [6.45, 7) is 0. The van der Waals surface area contributed by atoms with Gasteiger partial charge < -0.3 is 36.2 Å². The number of carbonyl (C=O) groups is 2. The normalized spacial score (nSPS) is 25.4. The Morgan fingerprint density at radius 1 is 1.06 bits per heavy atom. The van der Waals surface area contributed by atoms with Crippen molar-refractivity contribution >= 4 is 23.6 Å². The lowest BCUT2D eigenvalue weighted by Gasteiger charge is -2.40. The second-order valence-electron chi connectivity index (χ2n) is 8.35. The van der Waals surface area contributed by atoms with E-state index in [9.17, 15) is 30.0 Å². The van der Waals surface area contributed by atoms with E-state index < -0.39 is 47.3 Å². The number of nitrogens with one attached hydrogen (secondary N) is 1. The van der Waals surface area contributed by atoms with Gasteiger partial charge in [0.1, 0.15) is 23.6 Å². The van der Waals surface area contributed by atoms with E-state index in [1.54, 1.807) is 31.4 Å². The summed E-state index contributed by atoms with van der Waals surface area (Å²) in [6, 6.07) is 12.5. The quantitative estimate of drug-likeness (QED) is 0.293. The van der Waals surface area contributed by atoms with Crippen molar-refractivity contribution in [1.29, 1.82) is 0 Å². The number of thioether (sulfide) groups is 1. The highest BCUT2D eigenvalue weighted by atomic mass is 32.2. The average Bonchev–Trinajstić information content (AvgIpc) is 2.82. The van der Waals surface area contributed by atoms with Crippen molar-refractivity contribution < 1.29 is 34.8 Å². The number of phenolic OH excluding ortho intramolecular Hbond substituents is 1. The number of carbonyl (C=O) groups excluding carboxylic acids is 2. The number of amides is 2. The fourth-order valence-corrected chi connectivity index (χ4v) is 5.35. The Labute approximate surface area is 201 Å². The van der Waals surface area contributed by atoms with Gasteiger partial charge in [-0.1, -0.05) is 24.3 Å². The van der Waals surface area contributed by atoms with E-state index in [0.29, 0.717) is 17.1 Å². The minimum atomic E-state index is -1.39. The SMILES string of the molecule is COc1ccc(CSC2C(C(=O)NC(Cc3ccc(O)cc3)C(N)=O)CC(O)C(O)C2O)cc1. The summed E-state index contributed by atoms with van der Waals surface area (Å²) in [5, 5.41) is 42.4. The van der Waals surface area contributed by atoms with E-state index in [4.69, 9.17) is 10.5 Å². The van der Waals surface area contributed by atoms with E-state index >= 15 is 0 Å². The highest BCUT2D eigenvalue weighted by Gasteiger charge is 2.46. The van der Waals surface area contributed by atoms with Crippen LogP contribution in [0, 0.1) is 5.92 Å². The fourth-order valence-electron chi connectivity index (χ4n) is 3.95. The average molecular weight is 491 g/mol. The molecule has 1 aliphatic carbocycles. The molecule has 1 saturated carbocycles. The number of aliphatic hydroxyl groups is 3. The minimum absolute atomic E-state index is 0.0730. The molecule has 0 bridgehead atoms. The van der Waals surface area contributed by atoms with Crippen molar-refractivity contribution in [2.24, 2.45) is 11.7 Å². The molecule has 6 unspecified atom stereocenters. The number of phenols is 1. The first-order valence-corrected chi connectivity index (χ1v) is 11.9. The first-order chi connectivity index (χ1) is 16.2. The van der Waals surface area contributed by atoms with Gasteiger partial charge in [-0.2, -0.15) is 11.8 Å². The van der Waals surface area contributed by atoms with Gasteiger partial charge >= 0.3 is 0 Å². The van der Waals surface area contributed by atoms with Crippen molar-refractivity contribution in [3.63, 3.8) is 0 Å². The molecule has 184 valence electrons. The standard InChI is InChI=1S/C24H30N2O7S/c1-33-16-8-4-14(5-9-16)12-34-22-17(11-19(28)20(29)21(22)30)24(32)26-18(23(25)31)10-13-2-6-15(27)7-3-13/h2-9,17-22,27-30H,10-12H2,1H3,(H2,25,31)(H,26,32). The van der Waals surface area contributed by atoms with E-state index in [1.807, 2.05) is 12.1 Å². The minimum Gasteiger partial charge on any atom is -0.508 e. The van der Waals surface area contributed by atoms with Crippen LogP contribution in [0.4, 0.5) is 0 Å². The zero-order valence-electron chi connectivity index (χ0n) is 18.7. The monoisotopic (exact) mass is 490 g/mol. The van der Waals surface area contributed by atoms with Crippen molar-refractivity contribution in [3.05, 3.63) is 59.7 Å². The van der Waals surface area contributed by atoms with Gasteiger partial charge in [-0.15, -0.1) is 0 Å². The molecule has 0 heterocycles. The van der Waals surface area contributed by atoms with Gasteiger partial charge in [0, 0.05) is 17.4 Å². The maximum absolute atomic E-state index is 13.2. The molecule has 1 fully saturated rings. The summed E-state index contributed by atoms with van der Waals surface area (Å²) < 4.78 is 5.15. The Morgan fingerprint density at radius 2 is 1.68 bits per heavy atom. The van der Waals surface area contributed by atoms with Gasteiger partial charge in [-0.25, -0.2) is 0 Å². The van der Waals surface area contributed by atoms with Crippen LogP contribution in [-0.2, 0) is 21.8 Å². The van der Waals surface area contributed by atoms with Gasteiger partial charge in [0.25, 0.3) is 0 Å². The van der Waals surface area contributed by atoms with Crippen molar-refractivity contribution in [1.82, 2.24) is 5.32 Å². The molecule has 0 radical (unpaired) electrons. The maximum Gasteiger partial charge on any atom is 0.240 e. The summed E-state index contributed by atoms with van der Waals surface area (Å²) in [6.07, 6.45) is -3.97. The van der Waals surface area contributed by atoms with Crippen molar-refractivity contribution in [2.45, 2.75) is 48.2 Å². The number of aromatic hydroxyl groups is 1. The van der Waals surface area contributed by atoms with Gasteiger partial charge in [0.2, 0.25) is 11.8 Å². The Balaban J connectivity index is 1.72. The van der Waals surface area contributed by atoms with Crippen LogP contribution in [-0.4, -0.2) is 69.0 Å². The lowest BCUT2D eigenvalue weighted by molar-refractivity contribution is -0.139. The Kier molecular flexibility index (Phi) is 8.78. The number of rotatable bonds is 9. The van der Waals surface area contributed by atoms with E-state index in [0.717, 1.165) is 5.56 Å². The molecule has 7 N–H and O–H groups in total. The lowest BCUT2D eigenvalue weighted by atomic mass is 9.82. The predicted molar refractivity (Wildman–Crippen MR) is 127 cm³/mol. The maximum atomic E-state index is 13.2. The highest BCUT2D eigenvalue weighted by Crippen LogP contribution is 2.36. The van der Waals surface area contributed by atoms with Crippen LogP contribution in [0.3, 0.4) is 0 Å². The van der Waals surface area contributed by atoms with E-state index in [2.05, 4.69) is 5.32 Å². The second-order valence-corrected chi connectivity index (χ2v) is 9.51. The fraction of sp³-hybridized carbons (Fsp3) is 0.417. The molecule has 2 amide bonds. The third-order valence-electron chi connectivity index (χ3n) is 5.95. The number of benzene rings is 2. The molecule has 2 aromatic carbocycles. The predicted octanol–water partition coefficient (Wildman–Crippen LogP) is 0.318. The zero-order chi connectivity index (χ0) is 24.8. The van der Waals surface area contributed by atoms with Crippen LogP contribution >= 0.6 is 11.8 Å². The summed E-state index contributed by atoms with van der Waals surface area (Å²) >= 11 is 1.29. The van der Waals surface area contributed by atoms with Gasteiger partial charge in [0.05, 0.1) is 25.2 Å². The number of methoxy groups -OCH3 is 1. The highest BCUT2D eigenvalue weighted by molar-refractivity contribution is 7.99. The second kappa shape index (κ2) is 11.6. The molecule has 10 heteroatoms. The van der Waals surface area contributed by atoms with Crippen LogP contribution in [0.5, 0.6) is 11.5 Å². The number of primary amides is 1.